The summed E-state index contributed by atoms with van der Waals surface area (Å²) < 4.78 is 0. The smallest absolute Gasteiger partial charge is 0.315 e. The zero-order chi connectivity index (χ0) is 17.5. The summed E-state index contributed by atoms with van der Waals surface area (Å²) in [5.41, 5.74) is 2.34. The van der Waals surface area contributed by atoms with Gasteiger partial charge >= 0.3 is 6.03 Å². The third-order valence-corrected chi connectivity index (χ3v) is 5.17. The molecule has 2 aliphatic rings. The molecule has 25 heavy (non-hydrogen) atoms. The summed E-state index contributed by atoms with van der Waals surface area (Å²) in [6, 6.07) is 8.95. The summed E-state index contributed by atoms with van der Waals surface area (Å²) in [4.78, 5) is 16.8. The normalized spacial score (nSPS) is 20.7. The highest BCUT2D eigenvalue weighted by Crippen LogP contribution is 2.18. The molecule has 1 aromatic carbocycles. The van der Waals surface area contributed by atoms with Crippen LogP contribution >= 0.6 is 0 Å². The van der Waals surface area contributed by atoms with Gasteiger partial charge in [-0.05, 0) is 44.0 Å². The van der Waals surface area contributed by atoms with E-state index in [0.29, 0.717) is 19.1 Å². The Kier molecular flexibility index (Phi) is 6.34. The van der Waals surface area contributed by atoms with Gasteiger partial charge in [-0.3, -0.25) is 4.90 Å². The molecule has 0 spiro atoms. The van der Waals surface area contributed by atoms with Crippen LogP contribution in [0.5, 0.6) is 0 Å². The van der Waals surface area contributed by atoms with Crippen molar-refractivity contribution in [3.05, 3.63) is 42.0 Å². The number of nitrogens with zero attached hydrogens (tertiary/aromatic N) is 2. The first-order chi connectivity index (χ1) is 12.2. The van der Waals surface area contributed by atoms with Crippen molar-refractivity contribution in [2.75, 3.05) is 37.6 Å². The van der Waals surface area contributed by atoms with Gasteiger partial charge < -0.3 is 15.5 Å². The Labute approximate surface area is 151 Å². The quantitative estimate of drug-likeness (QED) is 0.782. The minimum atomic E-state index is -0.0853. The minimum Gasteiger partial charge on any atom is -0.364 e. The van der Waals surface area contributed by atoms with Gasteiger partial charge in [0, 0.05) is 44.5 Å². The molecule has 0 saturated carbocycles. The van der Waals surface area contributed by atoms with Crippen molar-refractivity contribution in [2.45, 2.75) is 38.8 Å². The van der Waals surface area contributed by atoms with Crippen molar-refractivity contribution in [3.63, 3.8) is 0 Å². The molecule has 1 fully saturated rings. The van der Waals surface area contributed by atoms with E-state index in [1.807, 2.05) is 0 Å². The third-order valence-electron chi connectivity index (χ3n) is 5.17. The molecule has 1 atom stereocenters. The standard InChI is InChI=1S/C20H30N4O/c1-17-7-2-3-11-23(17)14-10-21-20(25)22-16-18-8-6-9-19(15-18)24-12-4-5-13-24/h4-6,8-9,15,17H,2-3,7,10-14,16H2,1H3,(H2,21,22,25). The maximum Gasteiger partial charge on any atom is 0.315 e. The molecule has 5 nitrogen and oxygen atoms in total. The van der Waals surface area contributed by atoms with Crippen LogP contribution in [0.2, 0.25) is 0 Å². The second kappa shape index (κ2) is 8.90. The van der Waals surface area contributed by atoms with Crippen LogP contribution < -0.4 is 15.5 Å². The van der Waals surface area contributed by atoms with Crippen molar-refractivity contribution >= 4 is 11.7 Å². The Balaban J connectivity index is 1.38. The molecule has 2 amide bonds. The number of benzene rings is 1. The second-order valence-corrected chi connectivity index (χ2v) is 7.04. The zero-order valence-electron chi connectivity index (χ0n) is 15.2. The van der Waals surface area contributed by atoms with Crippen LogP contribution in [0, 0.1) is 0 Å². The molecule has 0 radical (unpaired) electrons. The number of amides is 2. The van der Waals surface area contributed by atoms with Crippen LogP contribution in [0.3, 0.4) is 0 Å². The van der Waals surface area contributed by atoms with E-state index in [-0.39, 0.29) is 6.03 Å². The van der Waals surface area contributed by atoms with Gasteiger partial charge in [0.1, 0.15) is 0 Å². The molecule has 3 rings (SSSR count). The maximum atomic E-state index is 12.0. The molecule has 2 heterocycles. The van der Waals surface area contributed by atoms with Gasteiger partial charge in [-0.15, -0.1) is 0 Å². The van der Waals surface area contributed by atoms with E-state index in [2.05, 4.69) is 63.8 Å². The molecule has 2 aliphatic heterocycles. The monoisotopic (exact) mass is 342 g/mol. The van der Waals surface area contributed by atoms with E-state index in [0.717, 1.165) is 31.7 Å². The van der Waals surface area contributed by atoms with Crippen LogP contribution in [-0.2, 0) is 6.54 Å². The molecule has 1 aromatic rings. The van der Waals surface area contributed by atoms with Crippen molar-refractivity contribution in [1.82, 2.24) is 15.5 Å². The molecule has 0 aromatic heterocycles. The molecule has 0 aliphatic carbocycles. The number of hydrogen-bond acceptors (Lipinski definition) is 3. The largest absolute Gasteiger partial charge is 0.364 e. The fraction of sp³-hybridized carbons (Fsp3) is 0.550. The van der Waals surface area contributed by atoms with Gasteiger partial charge in [0.15, 0.2) is 0 Å². The molecule has 0 bridgehead atoms. The lowest BCUT2D eigenvalue weighted by molar-refractivity contribution is 0.161. The fourth-order valence-electron chi connectivity index (χ4n) is 3.60. The van der Waals surface area contributed by atoms with Gasteiger partial charge in [0.25, 0.3) is 0 Å². The molecule has 1 unspecified atom stereocenters. The first kappa shape index (κ1) is 17.8. The van der Waals surface area contributed by atoms with Crippen LogP contribution in [0.15, 0.2) is 36.4 Å². The Bertz CT molecular complexity index is 593. The van der Waals surface area contributed by atoms with Crippen molar-refractivity contribution < 1.29 is 4.79 Å². The van der Waals surface area contributed by atoms with Gasteiger partial charge in [-0.25, -0.2) is 4.79 Å². The van der Waals surface area contributed by atoms with E-state index in [4.69, 9.17) is 0 Å². The Morgan fingerprint density at radius 1 is 1.20 bits per heavy atom. The highest BCUT2D eigenvalue weighted by atomic mass is 16.2. The predicted molar refractivity (Wildman–Crippen MR) is 103 cm³/mol. The lowest BCUT2D eigenvalue weighted by Gasteiger charge is -2.33. The van der Waals surface area contributed by atoms with Crippen molar-refractivity contribution in [1.29, 1.82) is 0 Å². The van der Waals surface area contributed by atoms with Gasteiger partial charge in [0.2, 0.25) is 0 Å². The Morgan fingerprint density at radius 2 is 2.04 bits per heavy atom. The van der Waals surface area contributed by atoms with Crippen LogP contribution in [0.4, 0.5) is 10.5 Å². The lowest BCUT2D eigenvalue weighted by Crippen LogP contribution is -2.44. The van der Waals surface area contributed by atoms with E-state index in [1.54, 1.807) is 0 Å². The molecule has 2 N–H and O–H groups in total. The van der Waals surface area contributed by atoms with E-state index in [9.17, 15) is 4.79 Å². The zero-order valence-corrected chi connectivity index (χ0v) is 15.2. The number of urea groups is 1. The summed E-state index contributed by atoms with van der Waals surface area (Å²) in [7, 11) is 0. The van der Waals surface area contributed by atoms with Gasteiger partial charge in [0.05, 0.1) is 0 Å². The van der Waals surface area contributed by atoms with E-state index in [1.165, 1.54) is 24.9 Å². The number of rotatable bonds is 6. The first-order valence-corrected chi connectivity index (χ1v) is 9.47. The van der Waals surface area contributed by atoms with E-state index < -0.39 is 0 Å². The maximum absolute atomic E-state index is 12.0. The number of carbonyl (C=O) groups excluding carboxylic acids is 1. The molecule has 5 heteroatoms. The molecular formula is C20H30N4O. The predicted octanol–water partition coefficient (Wildman–Crippen LogP) is 2.74. The summed E-state index contributed by atoms with van der Waals surface area (Å²) >= 11 is 0. The first-order valence-electron chi connectivity index (χ1n) is 9.47. The lowest BCUT2D eigenvalue weighted by atomic mass is 10.0. The molecule has 136 valence electrons. The number of hydrogen-bond donors (Lipinski definition) is 2. The SMILES string of the molecule is CC1CCCCN1CCNC(=O)NCc1cccc(N2CC=CC2)c1. The molecule has 1 saturated heterocycles. The van der Waals surface area contributed by atoms with Crippen LogP contribution in [0.1, 0.15) is 31.7 Å². The Hall–Kier alpha value is -2.01. The average Bonchev–Trinajstić information content (AvgIpc) is 3.17. The fourth-order valence-corrected chi connectivity index (χ4v) is 3.60. The second-order valence-electron chi connectivity index (χ2n) is 7.04. The average molecular weight is 342 g/mol. The Morgan fingerprint density at radius 3 is 2.84 bits per heavy atom. The number of nitrogens with one attached hydrogen (secondary N) is 2. The summed E-state index contributed by atoms with van der Waals surface area (Å²) in [6.07, 6.45) is 8.25. The summed E-state index contributed by atoms with van der Waals surface area (Å²) in [6.45, 7) is 7.56. The number of anilines is 1. The van der Waals surface area contributed by atoms with Crippen molar-refractivity contribution in [3.8, 4) is 0 Å². The molecular weight excluding hydrogens is 312 g/mol. The van der Waals surface area contributed by atoms with Crippen LogP contribution in [-0.4, -0.2) is 49.7 Å². The van der Waals surface area contributed by atoms with Gasteiger partial charge in [-0.2, -0.15) is 0 Å². The minimum absolute atomic E-state index is 0.0853. The van der Waals surface area contributed by atoms with Gasteiger partial charge in [-0.1, -0.05) is 30.7 Å². The highest BCUT2D eigenvalue weighted by molar-refractivity contribution is 5.73. The van der Waals surface area contributed by atoms with Crippen LogP contribution in [0.25, 0.3) is 0 Å². The summed E-state index contributed by atoms with van der Waals surface area (Å²) in [5.74, 6) is 0. The van der Waals surface area contributed by atoms with E-state index >= 15 is 0 Å². The topological polar surface area (TPSA) is 47.6 Å². The van der Waals surface area contributed by atoms with Crippen molar-refractivity contribution in [2.24, 2.45) is 0 Å². The third kappa shape index (κ3) is 5.23. The highest BCUT2D eigenvalue weighted by Gasteiger charge is 2.17. The summed E-state index contributed by atoms with van der Waals surface area (Å²) in [5, 5.41) is 5.94. The number of carbonyl (C=O) groups is 1. The number of piperidine rings is 1. The number of likely N-dealkylation sites (tertiary alicyclic amines) is 1.